The summed E-state index contributed by atoms with van der Waals surface area (Å²) in [5, 5.41) is 0. The van der Waals surface area contributed by atoms with E-state index in [0.29, 0.717) is 0 Å². The fraction of sp³-hybridized carbons (Fsp3) is 0. The van der Waals surface area contributed by atoms with Crippen LogP contribution in [0.5, 0.6) is 0 Å². The van der Waals surface area contributed by atoms with Gasteiger partial charge < -0.3 is 0 Å². The van der Waals surface area contributed by atoms with Crippen molar-refractivity contribution in [2.45, 2.75) is 0 Å². The topological polar surface area (TPSA) is 25.8 Å². The zero-order valence-electron chi connectivity index (χ0n) is 11.0. The minimum Gasteiger partial charge on any atom is -0.255 e. The third-order valence-electron chi connectivity index (χ3n) is 2.80. The summed E-state index contributed by atoms with van der Waals surface area (Å²) in [6.45, 7) is 0. The van der Waals surface area contributed by atoms with Crippen molar-refractivity contribution >= 4 is 37.9 Å². The van der Waals surface area contributed by atoms with Gasteiger partial charge in [0.2, 0.25) is 0 Å². The fourth-order valence-corrected chi connectivity index (χ4v) is 1.96. The van der Waals surface area contributed by atoms with Crippen molar-refractivity contribution in [2.24, 2.45) is 0 Å². The Balaban J connectivity index is 0.000000497. The molecule has 0 aliphatic carbocycles. The molecule has 2 nitrogen and oxygen atoms in total. The number of nitrogens with zero attached hydrogens (tertiary/aromatic N) is 2. The average Bonchev–Trinajstić information content (AvgIpc) is 2.57. The second kappa shape index (κ2) is 9.09. The summed E-state index contributed by atoms with van der Waals surface area (Å²) >= 11 is -0.889. The van der Waals surface area contributed by atoms with Gasteiger partial charge in [0.15, 0.2) is 0 Å². The molecule has 0 saturated carbocycles. The summed E-state index contributed by atoms with van der Waals surface area (Å²) in [6.07, 6.45) is 3.59. The van der Waals surface area contributed by atoms with Crippen LogP contribution in [0.25, 0.3) is 22.5 Å². The van der Waals surface area contributed by atoms with E-state index in [-0.39, 0.29) is 0 Å². The minimum atomic E-state index is -0.889. The predicted octanol–water partition coefficient (Wildman–Crippen LogP) is 4.81. The van der Waals surface area contributed by atoms with Crippen molar-refractivity contribution in [3.63, 3.8) is 0 Å². The average molecular weight is 512 g/mol. The molecule has 3 aromatic rings. The molecular formula is C16H12BiCl2N2. The second-order valence-electron chi connectivity index (χ2n) is 4.04. The van der Waals surface area contributed by atoms with Crippen LogP contribution in [0.3, 0.4) is 0 Å². The molecule has 0 unspecified atom stereocenters. The largest absolute Gasteiger partial charge is 0.255 e. The molecule has 0 spiro atoms. The molecule has 0 bridgehead atoms. The van der Waals surface area contributed by atoms with E-state index < -0.39 is 20.8 Å². The molecule has 2 heterocycles. The van der Waals surface area contributed by atoms with Crippen LogP contribution in [0.15, 0.2) is 73.1 Å². The Morgan fingerprint density at radius 2 is 1.38 bits per heavy atom. The normalized spacial score (nSPS) is 9.62. The molecule has 0 aliphatic heterocycles. The molecule has 0 fully saturated rings. The first-order chi connectivity index (χ1) is 10.4. The maximum atomic E-state index is 4.94. The Morgan fingerprint density at radius 3 is 2.05 bits per heavy atom. The van der Waals surface area contributed by atoms with Crippen LogP contribution in [0.4, 0.5) is 0 Å². The summed E-state index contributed by atoms with van der Waals surface area (Å²) in [5.74, 6) is 0. The Labute approximate surface area is 142 Å². The third-order valence-corrected chi connectivity index (χ3v) is 2.80. The van der Waals surface area contributed by atoms with E-state index in [0.717, 1.165) is 22.5 Å². The molecule has 0 N–H and O–H groups in total. The van der Waals surface area contributed by atoms with E-state index in [1.165, 1.54) is 0 Å². The van der Waals surface area contributed by atoms with E-state index in [1.807, 2.05) is 42.5 Å². The SMILES string of the molecule is [Cl][Bi][Cl].c1ccc(-c2cccnc2-c2ccccn2)cc1. The van der Waals surface area contributed by atoms with Gasteiger partial charge in [0.05, 0.1) is 11.4 Å². The van der Waals surface area contributed by atoms with Gasteiger partial charge in [-0.25, -0.2) is 0 Å². The van der Waals surface area contributed by atoms with Gasteiger partial charge in [0.25, 0.3) is 0 Å². The maximum absolute atomic E-state index is 4.94. The number of benzene rings is 1. The summed E-state index contributed by atoms with van der Waals surface area (Å²) in [5.41, 5.74) is 4.09. The molecule has 0 saturated heterocycles. The molecule has 1 radical (unpaired) electrons. The molecule has 1 aromatic carbocycles. The molecule has 0 amide bonds. The van der Waals surface area contributed by atoms with Crippen LogP contribution in [-0.4, -0.2) is 30.8 Å². The fourth-order valence-electron chi connectivity index (χ4n) is 1.96. The standard InChI is InChI=1S/C16H12N2.Bi.2ClH/c1-2-7-13(8-3-1)14-9-6-12-18-16(14)15-10-4-5-11-17-15;;;/h1-12H;;2*1H/q;+2;;/p-2. The monoisotopic (exact) mass is 511 g/mol. The van der Waals surface area contributed by atoms with Crippen molar-refractivity contribution < 1.29 is 0 Å². The first-order valence-corrected chi connectivity index (χ1v) is 14.8. The minimum absolute atomic E-state index is 0.889. The first-order valence-electron chi connectivity index (χ1n) is 6.21. The van der Waals surface area contributed by atoms with Gasteiger partial charge in [-0.1, -0.05) is 42.5 Å². The van der Waals surface area contributed by atoms with Gasteiger partial charge in [0.1, 0.15) is 0 Å². The molecule has 2 aromatic heterocycles. The van der Waals surface area contributed by atoms with Gasteiger partial charge in [-0.2, -0.15) is 0 Å². The molecule has 3 rings (SSSR count). The van der Waals surface area contributed by atoms with Crippen LogP contribution in [0, 0.1) is 0 Å². The Bertz CT molecular complexity index is 605. The Morgan fingerprint density at radius 1 is 0.714 bits per heavy atom. The van der Waals surface area contributed by atoms with E-state index >= 15 is 0 Å². The van der Waals surface area contributed by atoms with Crippen molar-refractivity contribution in [1.29, 1.82) is 0 Å². The summed E-state index contributed by atoms with van der Waals surface area (Å²) in [7, 11) is 9.89. The molecule has 5 heteroatoms. The number of hydrogen-bond acceptors (Lipinski definition) is 2. The molecule has 0 aliphatic rings. The number of aromatic nitrogens is 2. The number of rotatable bonds is 2. The zero-order valence-corrected chi connectivity index (χ0v) is 16.0. The second-order valence-corrected chi connectivity index (χ2v) is 9.03. The Hall–Kier alpha value is -1.02. The van der Waals surface area contributed by atoms with E-state index in [1.54, 1.807) is 12.4 Å². The quantitative estimate of drug-likeness (QED) is 0.461. The molecular weight excluding hydrogens is 500 g/mol. The van der Waals surface area contributed by atoms with Crippen LogP contribution in [0.1, 0.15) is 0 Å². The third kappa shape index (κ3) is 4.74. The van der Waals surface area contributed by atoms with Crippen LogP contribution >= 0.6 is 17.0 Å². The van der Waals surface area contributed by atoms with Crippen molar-refractivity contribution in [1.82, 2.24) is 9.97 Å². The number of hydrogen-bond donors (Lipinski definition) is 0. The van der Waals surface area contributed by atoms with Crippen LogP contribution in [-0.2, 0) is 0 Å². The van der Waals surface area contributed by atoms with Gasteiger partial charge >= 0.3 is 37.9 Å². The zero-order chi connectivity index (χ0) is 14.9. The van der Waals surface area contributed by atoms with E-state index in [9.17, 15) is 0 Å². The van der Waals surface area contributed by atoms with E-state index in [4.69, 9.17) is 17.0 Å². The summed E-state index contributed by atoms with van der Waals surface area (Å²) in [6, 6.07) is 20.2. The van der Waals surface area contributed by atoms with Crippen LogP contribution in [0.2, 0.25) is 0 Å². The number of halogens is 2. The molecule has 105 valence electrons. The van der Waals surface area contributed by atoms with Crippen LogP contribution < -0.4 is 0 Å². The summed E-state index contributed by atoms with van der Waals surface area (Å²) < 4.78 is 0. The van der Waals surface area contributed by atoms with Gasteiger partial charge in [0, 0.05) is 18.0 Å². The maximum Gasteiger partial charge on any atom is 0.0964 e. The molecule has 0 atom stereocenters. The van der Waals surface area contributed by atoms with E-state index in [2.05, 4.69) is 28.2 Å². The number of pyridine rings is 2. The van der Waals surface area contributed by atoms with Crippen molar-refractivity contribution in [3.05, 3.63) is 73.1 Å². The first kappa shape index (κ1) is 16.4. The Kier molecular flexibility index (Phi) is 7.08. The van der Waals surface area contributed by atoms with Crippen molar-refractivity contribution in [2.75, 3.05) is 0 Å². The van der Waals surface area contributed by atoms with Gasteiger partial charge in [-0.3, -0.25) is 9.97 Å². The van der Waals surface area contributed by atoms with Gasteiger partial charge in [-0.15, -0.1) is 0 Å². The van der Waals surface area contributed by atoms with Gasteiger partial charge in [-0.05, 0) is 23.8 Å². The molecule has 21 heavy (non-hydrogen) atoms. The predicted molar refractivity (Wildman–Crippen MR) is 90.4 cm³/mol. The summed E-state index contributed by atoms with van der Waals surface area (Å²) in [4.78, 5) is 8.84. The smallest absolute Gasteiger partial charge is 0.0964 e. The van der Waals surface area contributed by atoms with Crippen molar-refractivity contribution in [3.8, 4) is 22.5 Å².